The number of hydrogen-bond acceptors (Lipinski definition) is 12. The summed E-state index contributed by atoms with van der Waals surface area (Å²) in [6.45, 7) is -0.117. The van der Waals surface area contributed by atoms with Gasteiger partial charge in [0.15, 0.2) is 11.5 Å². The van der Waals surface area contributed by atoms with Crippen LogP contribution in [0, 0.1) is 20.2 Å². The zero-order valence-corrected chi connectivity index (χ0v) is 28.6. The quantitative estimate of drug-likeness (QED) is 0.0712. The number of phenols is 1. The molecule has 0 aliphatic heterocycles. The number of halogens is 7. The molecule has 2 aromatic carbocycles. The van der Waals surface area contributed by atoms with Crippen molar-refractivity contribution in [1.29, 1.82) is 0 Å². The molecule has 4 aromatic heterocycles. The highest BCUT2D eigenvalue weighted by atomic mass is 35.5. The van der Waals surface area contributed by atoms with E-state index in [0.29, 0.717) is 22.3 Å². The third-order valence-electron chi connectivity index (χ3n) is 6.95. The summed E-state index contributed by atoms with van der Waals surface area (Å²) in [4.78, 5) is 70.5. The SMILES string of the molecule is ClCc1ccco1.O=c1cc(C(F)(F)F)[nH]c(=O)n1-c1ccc(O)c([N+](=O)[O-])c1.O=c1cc(C(F)(F)F)[nH]c(=O)n1-c1ccc(OCc2ccco2)c([N+](=O)[O-])c1. The van der Waals surface area contributed by atoms with E-state index >= 15 is 0 Å². The second kappa shape index (κ2) is 17.4. The molecule has 18 nitrogen and oxygen atoms in total. The number of nitro groups is 2. The van der Waals surface area contributed by atoms with E-state index in [9.17, 15) is 70.9 Å². The lowest BCUT2D eigenvalue weighted by Crippen LogP contribution is -2.35. The molecular formula is C32H21ClF6N6O12. The van der Waals surface area contributed by atoms with Crippen molar-refractivity contribution >= 4 is 23.0 Å². The first-order valence-corrected chi connectivity index (χ1v) is 15.6. The van der Waals surface area contributed by atoms with Crippen LogP contribution < -0.4 is 27.2 Å². The van der Waals surface area contributed by atoms with Crippen molar-refractivity contribution in [2.45, 2.75) is 24.8 Å². The van der Waals surface area contributed by atoms with Crippen molar-refractivity contribution in [3.63, 3.8) is 0 Å². The number of nitrogens with one attached hydrogen (secondary N) is 2. The minimum Gasteiger partial charge on any atom is -0.502 e. The largest absolute Gasteiger partial charge is 0.502 e. The third-order valence-corrected chi connectivity index (χ3v) is 7.21. The van der Waals surface area contributed by atoms with E-state index < -0.39 is 73.2 Å². The normalized spacial score (nSPS) is 11.1. The molecule has 3 N–H and O–H groups in total. The van der Waals surface area contributed by atoms with Gasteiger partial charge in [-0.25, -0.2) is 18.7 Å². The summed E-state index contributed by atoms with van der Waals surface area (Å²) < 4.78 is 91.2. The first-order valence-electron chi connectivity index (χ1n) is 15.1. The minimum absolute atomic E-state index is 0.117. The first-order chi connectivity index (χ1) is 26.7. The molecule has 6 aromatic rings. The molecule has 0 saturated heterocycles. The summed E-state index contributed by atoms with van der Waals surface area (Å²) in [7, 11) is 0. The van der Waals surface area contributed by atoms with Gasteiger partial charge in [0, 0.05) is 24.3 Å². The second-order valence-corrected chi connectivity index (χ2v) is 11.0. The van der Waals surface area contributed by atoms with Gasteiger partial charge in [0.25, 0.3) is 11.1 Å². The number of alkyl halides is 7. The fraction of sp³-hybridized carbons (Fsp3) is 0.125. The lowest BCUT2D eigenvalue weighted by molar-refractivity contribution is -0.386. The molecule has 57 heavy (non-hydrogen) atoms. The molecule has 0 aliphatic carbocycles. The Balaban J connectivity index is 0.000000220. The number of rotatable bonds is 8. The number of aromatic nitrogens is 4. The van der Waals surface area contributed by atoms with Gasteiger partial charge in [-0.1, -0.05) is 0 Å². The topological polar surface area (TPSA) is 252 Å². The summed E-state index contributed by atoms with van der Waals surface area (Å²) in [5.74, 6) is 0.787. The van der Waals surface area contributed by atoms with Crippen molar-refractivity contribution in [2.75, 3.05) is 0 Å². The molecule has 0 saturated carbocycles. The predicted octanol–water partition coefficient (Wildman–Crippen LogP) is 5.80. The zero-order valence-electron chi connectivity index (χ0n) is 27.9. The van der Waals surface area contributed by atoms with E-state index in [-0.39, 0.29) is 40.4 Å². The van der Waals surface area contributed by atoms with Gasteiger partial charge < -0.3 is 28.6 Å². The van der Waals surface area contributed by atoms with Crippen molar-refractivity contribution in [3.05, 3.63) is 170 Å². The average Bonchev–Trinajstić information content (AvgIpc) is 3.86. The van der Waals surface area contributed by atoms with Gasteiger partial charge in [0.2, 0.25) is 0 Å². The monoisotopic (exact) mass is 830 g/mol. The van der Waals surface area contributed by atoms with Crippen LogP contribution in [0.2, 0.25) is 0 Å². The standard InChI is InChI=1S/C16H10F3N3O6.C11H6F3N3O5.C5H5ClO/c17-16(18,19)13-7-14(23)21(15(24)20-13)9-3-4-12(11(6-9)22(25)26)28-8-10-2-1-5-27-10;12-11(13,14)8-4-9(19)16(10(20)15-8)5-1-2-7(18)6(3-5)17(21)22;6-4-5-2-1-3-7-5/h1-7H,8H2,(H,20,24);1-4,18H,(H,15,20);1-3H,4H2. The van der Waals surface area contributed by atoms with Crippen LogP contribution in [0.3, 0.4) is 0 Å². The van der Waals surface area contributed by atoms with Crippen molar-refractivity contribution in [1.82, 2.24) is 19.1 Å². The molecule has 25 heteroatoms. The van der Waals surface area contributed by atoms with Crippen LogP contribution in [-0.4, -0.2) is 34.1 Å². The molecule has 0 spiro atoms. The molecule has 0 fully saturated rings. The molecule has 0 radical (unpaired) electrons. The molecule has 6 rings (SSSR count). The van der Waals surface area contributed by atoms with E-state index in [2.05, 4.69) is 0 Å². The number of nitro benzene ring substituents is 2. The number of ether oxygens (including phenoxy) is 1. The molecule has 0 atom stereocenters. The zero-order chi connectivity index (χ0) is 42.2. The Morgan fingerprint density at radius 1 is 0.702 bits per heavy atom. The Hall–Kier alpha value is -7.37. The number of aromatic hydroxyl groups is 1. The van der Waals surface area contributed by atoms with Gasteiger partial charge in [-0.3, -0.25) is 29.8 Å². The number of aromatic amines is 2. The summed E-state index contributed by atoms with van der Waals surface area (Å²) in [5, 5.41) is 31.3. The number of H-pyrrole nitrogens is 2. The van der Waals surface area contributed by atoms with Gasteiger partial charge in [0.05, 0.1) is 39.6 Å². The molecule has 300 valence electrons. The maximum atomic E-state index is 12.7. The lowest BCUT2D eigenvalue weighted by Gasteiger charge is -2.10. The summed E-state index contributed by atoms with van der Waals surface area (Å²) in [5.41, 5.74) is -10.5. The Bertz CT molecular complexity index is 2550. The number of hydrogen-bond donors (Lipinski definition) is 3. The van der Waals surface area contributed by atoms with Crippen molar-refractivity contribution in [3.8, 4) is 22.9 Å². The maximum Gasteiger partial charge on any atom is 0.431 e. The molecular weight excluding hydrogens is 810 g/mol. The first kappa shape index (κ1) is 42.4. The number of furan rings is 2. The van der Waals surface area contributed by atoms with Gasteiger partial charge >= 0.3 is 35.1 Å². The van der Waals surface area contributed by atoms with E-state index in [0.717, 1.165) is 36.1 Å². The Labute approximate surface area is 314 Å². The van der Waals surface area contributed by atoms with Crippen molar-refractivity contribution < 1.29 is 54.9 Å². The van der Waals surface area contributed by atoms with E-state index in [4.69, 9.17) is 25.2 Å². The van der Waals surface area contributed by atoms with Crippen LogP contribution in [0.4, 0.5) is 37.7 Å². The molecule has 4 heterocycles. The van der Waals surface area contributed by atoms with Crippen LogP contribution in [0.1, 0.15) is 22.9 Å². The highest BCUT2D eigenvalue weighted by molar-refractivity contribution is 6.16. The van der Waals surface area contributed by atoms with Gasteiger partial charge in [0.1, 0.15) is 29.5 Å². The van der Waals surface area contributed by atoms with Crippen molar-refractivity contribution in [2.24, 2.45) is 0 Å². The number of nitrogens with zero attached hydrogens (tertiary/aromatic N) is 4. The fourth-order valence-corrected chi connectivity index (χ4v) is 4.58. The average molecular weight is 831 g/mol. The summed E-state index contributed by atoms with van der Waals surface area (Å²) in [6.07, 6.45) is -6.84. The molecule has 0 bridgehead atoms. The fourth-order valence-electron chi connectivity index (χ4n) is 4.42. The Morgan fingerprint density at radius 3 is 1.54 bits per heavy atom. The number of phenolic OH excluding ortho intramolecular Hbond substituents is 1. The Morgan fingerprint density at radius 2 is 1.16 bits per heavy atom. The number of benzene rings is 2. The van der Waals surface area contributed by atoms with Crippen LogP contribution in [-0.2, 0) is 24.8 Å². The highest BCUT2D eigenvalue weighted by Crippen LogP contribution is 2.31. The third kappa shape index (κ3) is 10.7. The van der Waals surface area contributed by atoms with E-state index in [1.807, 2.05) is 12.1 Å². The van der Waals surface area contributed by atoms with Crippen LogP contribution >= 0.6 is 11.6 Å². The van der Waals surface area contributed by atoms with Crippen LogP contribution in [0.15, 0.2) is 113 Å². The Kier molecular flexibility index (Phi) is 12.9. The second-order valence-electron chi connectivity index (χ2n) is 10.7. The molecule has 0 amide bonds. The summed E-state index contributed by atoms with van der Waals surface area (Å²) in [6, 6.07) is 12.8. The van der Waals surface area contributed by atoms with E-state index in [1.165, 1.54) is 16.2 Å². The lowest BCUT2D eigenvalue weighted by atomic mass is 10.2. The van der Waals surface area contributed by atoms with Gasteiger partial charge in [-0.05, 0) is 48.5 Å². The molecule has 0 aliphatic rings. The van der Waals surface area contributed by atoms with Gasteiger partial charge in [-0.15, -0.1) is 11.6 Å². The highest BCUT2D eigenvalue weighted by Gasteiger charge is 2.34. The summed E-state index contributed by atoms with van der Waals surface area (Å²) >= 11 is 5.37. The van der Waals surface area contributed by atoms with Gasteiger partial charge in [-0.2, -0.15) is 26.3 Å². The van der Waals surface area contributed by atoms with Crippen LogP contribution in [0.5, 0.6) is 11.5 Å². The minimum atomic E-state index is -4.92. The maximum absolute atomic E-state index is 12.7. The molecule has 0 unspecified atom stereocenters. The smallest absolute Gasteiger partial charge is 0.431 e. The van der Waals surface area contributed by atoms with E-state index in [1.54, 1.807) is 18.4 Å². The predicted molar refractivity (Wildman–Crippen MR) is 182 cm³/mol. The van der Waals surface area contributed by atoms with Crippen LogP contribution in [0.25, 0.3) is 11.4 Å².